The molecule has 0 saturated carbocycles. The van der Waals surface area contributed by atoms with E-state index in [1.807, 2.05) is 6.92 Å². The van der Waals surface area contributed by atoms with Gasteiger partial charge in [-0.05, 0) is 79.4 Å². The van der Waals surface area contributed by atoms with Gasteiger partial charge in [-0.15, -0.1) is 0 Å². The molecule has 1 unspecified atom stereocenters. The highest BCUT2D eigenvalue weighted by molar-refractivity contribution is 7.89. The molecule has 1 fully saturated rings. The highest BCUT2D eigenvalue weighted by Gasteiger charge is 2.32. The van der Waals surface area contributed by atoms with Gasteiger partial charge in [-0.3, -0.25) is 4.79 Å². The fourth-order valence-electron chi connectivity index (χ4n) is 4.56. The molecule has 3 aromatic carbocycles. The van der Waals surface area contributed by atoms with Crippen LogP contribution in [0.25, 0.3) is 10.2 Å². The number of carbonyl (C=O) groups is 1. The number of hydrogen-bond donors (Lipinski definition) is 0. The first kappa shape index (κ1) is 27.0. The molecule has 0 bridgehead atoms. The van der Waals surface area contributed by atoms with Crippen molar-refractivity contribution < 1.29 is 22.0 Å². The second-order valence-electron chi connectivity index (χ2n) is 9.22. The molecule has 5 rings (SSSR count). The Labute approximate surface area is 229 Å². The third-order valence-electron chi connectivity index (χ3n) is 6.66. The first-order chi connectivity index (χ1) is 18.8. The van der Waals surface area contributed by atoms with Crippen LogP contribution in [0.4, 0.5) is 13.9 Å². The highest BCUT2D eigenvalue weighted by atomic mass is 32.2. The number of benzene rings is 3. The monoisotopic (exact) mass is 568 g/mol. The van der Waals surface area contributed by atoms with Gasteiger partial charge < -0.3 is 0 Å². The van der Waals surface area contributed by atoms with Gasteiger partial charge in [0.15, 0.2) is 0 Å². The minimum Gasteiger partial charge on any atom is -0.267 e. The third-order valence-corrected chi connectivity index (χ3v) is 9.62. The average Bonchev–Trinajstić information content (AvgIpc) is 3.36. The number of hydrazone groups is 1. The second-order valence-corrected chi connectivity index (χ2v) is 12.1. The maximum Gasteiger partial charge on any atom is 0.280 e. The Morgan fingerprint density at radius 1 is 1.08 bits per heavy atom. The summed E-state index contributed by atoms with van der Waals surface area (Å²) in [5.41, 5.74) is 1.25. The topological polar surface area (TPSA) is 82.9 Å². The number of halogens is 2. The molecule has 1 aromatic heterocycles. The largest absolute Gasteiger partial charge is 0.280 e. The number of thiazole rings is 1. The molecule has 0 N–H and O–H groups in total. The van der Waals surface area contributed by atoms with E-state index in [1.54, 1.807) is 4.31 Å². The minimum absolute atomic E-state index is 0.0368. The lowest BCUT2D eigenvalue weighted by molar-refractivity contribution is 0.0987. The zero-order valence-electron chi connectivity index (χ0n) is 21.1. The highest BCUT2D eigenvalue weighted by Crippen LogP contribution is 2.31. The van der Waals surface area contributed by atoms with Crippen LogP contribution < -0.4 is 5.01 Å². The van der Waals surface area contributed by atoms with E-state index >= 15 is 0 Å². The van der Waals surface area contributed by atoms with Crippen molar-refractivity contribution in [2.75, 3.05) is 11.6 Å². The average molecular weight is 569 g/mol. The number of hydrogen-bond acceptors (Lipinski definition) is 6. The maximum absolute atomic E-state index is 13.8. The lowest BCUT2D eigenvalue weighted by atomic mass is 10.0. The number of amides is 1. The number of sulfonamides is 1. The molecule has 0 spiro atoms. The van der Waals surface area contributed by atoms with Gasteiger partial charge >= 0.3 is 0 Å². The van der Waals surface area contributed by atoms with Crippen molar-refractivity contribution in [3.63, 3.8) is 0 Å². The zero-order valence-corrected chi connectivity index (χ0v) is 22.8. The van der Waals surface area contributed by atoms with Gasteiger partial charge in [0.1, 0.15) is 11.6 Å². The molecule has 1 saturated heterocycles. The Morgan fingerprint density at radius 3 is 2.51 bits per heavy atom. The Hall–Kier alpha value is -3.54. The van der Waals surface area contributed by atoms with E-state index in [9.17, 15) is 22.0 Å². The van der Waals surface area contributed by atoms with Crippen molar-refractivity contribution in [3.8, 4) is 0 Å². The first-order valence-electron chi connectivity index (χ1n) is 12.6. The molecule has 7 nitrogen and oxygen atoms in total. The number of nitrogens with zero attached hydrogens (tertiary/aromatic N) is 4. The molecule has 1 atom stereocenters. The van der Waals surface area contributed by atoms with Crippen molar-refractivity contribution >= 4 is 48.8 Å². The van der Waals surface area contributed by atoms with Gasteiger partial charge in [0.2, 0.25) is 15.2 Å². The number of aromatic nitrogens is 1. The van der Waals surface area contributed by atoms with E-state index in [0.717, 1.165) is 42.0 Å². The van der Waals surface area contributed by atoms with Gasteiger partial charge in [0.25, 0.3) is 5.91 Å². The molecule has 2 heterocycles. The quantitative estimate of drug-likeness (QED) is 0.196. The summed E-state index contributed by atoms with van der Waals surface area (Å²) < 4.78 is 55.9. The third kappa shape index (κ3) is 5.75. The summed E-state index contributed by atoms with van der Waals surface area (Å²) in [6.07, 6.45) is 4.79. The van der Waals surface area contributed by atoms with Gasteiger partial charge in [0, 0.05) is 18.2 Å². The van der Waals surface area contributed by atoms with E-state index < -0.39 is 27.6 Å². The van der Waals surface area contributed by atoms with Gasteiger partial charge in [-0.2, -0.15) is 14.4 Å². The normalized spacial score (nSPS) is 16.6. The second kappa shape index (κ2) is 11.3. The summed E-state index contributed by atoms with van der Waals surface area (Å²) in [5, 5.41) is 5.60. The number of fused-ring (bicyclic) bond motifs is 1. The molecule has 202 valence electrons. The van der Waals surface area contributed by atoms with E-state index in [0.29, 0.717) is 22.3 Å². The van der Waals surface area contributed by atoms with Crippen molar-refractivity contribution in [2.24, 2.45) is 5.10 Å². The summed E-state index contributed by atoms with van der Waals surface area (Å²) in [7, 11) is -3.71. The van der Waals surface area contributed by atoms with Crippen molar-refractivity contribution in [1.29, 1.82) is 0 Å². The lowest BCUT2D eigenvalue weighted by Crippen LogP contribution is -2.43. The van der Waals surface area contributed by atoms with E-state index in [4.69, 9.17) is 0 Å². The van der Waals surface area contributed by atoms with Gasteiger partial charge in [-0.1, -0.05) is 36.8 Å². The summed E-state index contributed by atoms with van der Waals surface area (Å²) in [5.74, 6) is -1.39. The molecule has 1 aliphatic rings. The molecule has 0 radical (unpaired) electrons. The summed E-state index contributed by atoms with van der Waals surface area (Å²) in [6, 6.07) is 15.4. The summed E-state index contributed by atoms with van der Waals surface area (Å²) >= 11 is 1.09. The number of anilines is 1. The minimum atomic E-state index is -3.71. The summed E-state index contributed by atoms with van der Waals surface area (Å²) in [6.45, 7) is 2.46. The van der Waals surface area contributed by atoms with Crippen LogP contribution in [-0.4, -0.2) is 42.4 Å². The molecule has 11 heteroatoms. The first-order valence-corrected chi connectivity index (χ1v) is 14.8. The van der Waals surface area contributed by atoms with Crippen molar-refractivity contribution in [2.45, 2.75) is 43.5 Å². The predicted octanol–water partition coefficient (Wildman–Crippen LogP) is 6.21. The lowest BCUT2D eigenvalue weighted by Gasteiger charge is -2.34. The number of rotatable bonds is 7. The van der Waals surface area contributed by atoms with Crippen LogP contribution in [0.3, 0.4) is 0 Å². The number of carbonyl (C=O) groups excluding carboxylic acids is 1. The molecular weight excluding hydrogens is 542 g/mol. The smallest absolute Gasteiger partial charge is 0.267 e. The van der Waals surface area contributed by atoms with Crippen LogP contribution in [0.1, 0.15) is 48.5 Å². The van der Waals surface area contributed by atoms with Crippen LogP contribution >= 0.6 is 11.3 Å². The predicted molar refractivity (Wildman–Crippen MR) is 149 cm³/mol. The van der Waals surface area contributed by atoms with Crippen LogP contribution in [0.2, 0.25) is 0 Å². The number of piperidine rings is 1. The van der Waals surface area contributed by atoms with Crippen molar-refractivity contribution in [3.05, 3.63) is 89.5 Å². The molecule has 4 aromatic rings. The maximum atomic E-state index is 13.8. The molecule has 39 heavy (non-hydrogen) atoms. The molecule has 1 aliphatic heterocycles. The Bertz CT molecular complexity index is 1620. The Kier molecular flexibility index (Phi) is 7.83. The molecule has 0 aliphatic carbocycles. The van der Waals surface area contributed by atoms with Crippen molar-refractivity contribution in [1.82, 2.24) is 9.29 Å². The SMILES string of the molecule is CCC1CCCCN1S(=O)(=O)c1ccc(C(=O)N(/N=C/c2ccc(F)cc2)c2nc3ccc(F)cc3s2)cc1. The molecular formula is C28H26F2N4O3S2. The molecule has 1 amide bonds. The Balaban J connectivity index is 1.47. The van der Waals surface area contributed by atoms with Gasteiger partial charge in [0.05, 0.1) is 21.3 Å². The van der Waals surface area contributed by atoms with Gasteiger partial charge in [-0.25, -0.2) is 22.2 Å². The van der Waals surface area contributed by atoms with Crippen LogP contribution in [0, 0.1) is 11.6 Å². The van der Waals surface area contributed by atoms with E-state index in [2.05, 4.69) is 10.1 Å². The standard InChI is InChI=1S/C28H26F2N4O3S2/c1-2-23-5-3-4-16-33(23)39(36,37)24-13-8-20(9-14-24)27(35)34(31-18-19-6-10-21(29)11-7-19)28-32-25-15-12-22(30)17-26(25)38-28/h6-15,17-18,23H,2-5,16H2,1H3/b31-18+. The van der Waals surface area contributed by atoms with Crippen LogP contribution in [0.15, 0.2) is 76.7 Å². The van der Waals surface area contributed by atoms with E-state index in [-0.39, 0.29) is 21.6 Å². The van der Waals surface area contributed by atoms with Crippen LogP contribution in [0.5, 0.6) is 0 Å². The van der Waals surface area contributed by atoms with E-state index in [1.165, 1.54) is 72.9 Å². The van der Waals surface area contributed by atoms with Crippen LogP contribution in [-0.2, 0) is 10.0 Å². The summed E-state index contributed by atoms with van der Waals surface area (Å²) in [4.78, 5) is 18.2. The zero-order chi connectivity index (χ0) is 27.6. The Morgan fingerprint density at radius 2 is 1.79 bits per heavy atom. The fourth-order valence-corrected chi connectivity index (χ4v) is 7.28. The fraction of sp³-hybridized carbons (Fsp3) is 0.250.